The molecule has 1 amide bonds. The highest BCUT2D eigenvalue weighted by atomic mass is 32.2. The molecule has 0 unspecified atom stereocenters. The van der Waals surface area contributed by atoms with Gasteiger partial charge in [0.25, 0.3) is 15.9 Å². The van der Waals surface area contributed by atoms with Crippen LogP contribution in [0.4, 0.5) is 5.69 Å². The van der Waals surface area contributed by atoms with Crippen LogP contribution in [0, 0.1) is 6.92 Å². The van der Waals surface area contributed by atoms with Crippen LogP contribution in [0.5, 0.6) is 0 Å². The predicted octanol–water partition coefficient (Wildman–Crippen LogP) is 3.01. The number of fused-ring (bicyclic) bond motifs is 1. The lowest BCUT2D eigenvalue weighted by Gasteiger charge is -2.11. The van der Waals surface area contributed by atoms with Gasteiger partial charge < -0.3 is 10.2 Å². The van der Waals surface area contributed by atoms with Crippen LogP contribution >= 0.6 is 11.3 Å². The molecule has 1 aliphatic heterocycles. The summed E-state index contributed by atoms with van der Waals surface area (Å²) in [6.07, 6.45) is 1.54. The van der Waals surface area contributed by atoms with E-state index in [9.17, 15) is 13.2 Å². The first-order valence-electron chi connectivity index (χ1n) is 9.14. The van der Waals surface area contributed by atoms with Gasteiger partial charge in [-0.2, -0.15) is 13.5 Å². The van der Waals surface area contributed by atoms with Gasteiger partial charge in [0.1, 0.15) is 10.7 Å². The molecule has 0 atom stereocenters. The average molecular weight is 432 g/mol. The lowest BCUT2D eigenvalue weighted by molar-refractivity contribution is 0.103. The zero-order valence-electron chi connectivity index (χ0n) is 16.3. The molecule has 29 heavy (non-hydrogen) atoms. The van der Waals surface area contributed by atoms with E-state index < -0.39 is 10.0 Å². The second kappa shape index (κ2) is 7.27. The molecule has 3 aromatic rings. The maximum Gasteiger partial charge on any atom is 0.284 e. The zero-order valence-corrected chi connectivity index (χ0v) is 18.0. The molecule has 152 valence electrons. The second-order valence-corrected chi connectivity index (χ2v) is 9.66. The van der Waals surface area contributed by atoms with E-state index >= 15 is 0 Å². The molecule has 1 N–H and O–H groups in total. The summed E-state index contributed by atoms with van der Waals surface area (Å²) in [5.74, 6) is 0.274. The fourth-order valence-corrected chi connectivity index (χ4v) is 5.50. The van der Waals surface area contributed by atoms with Gasteiger partial charge in [0.05, 0.1) is 15.5 Å². The summed E-state index contributed by atoms with van der Waals surface area (Å²) in [6, 6.07) is 7.98. The Morgan fingerprint density at radius 3 is 2.76 bits per heavy atom. The predicted molar refractivity (Wildman–Crippen MR) is 114 cm³/mol. The van der Waals surface area contributed by atoms with Crippen LogP contribution in [0.1, 0.15) is 28.2 Å². The Kier molecular flexibility index (Phi) is 4.91. The lowest BCUT2D eigenvalue weighted by Crippen LogP contribution is -2.20. The van der Waals surface area contributed by atoms with Gasteiger partial charge in [-0.1, -0.05) is 6.07 Å². The molecule has 1 fully saturated rings. The molecule has 1 aliphatic rings. The van der Waals surface area contributed by atoms with Crippen LogP contribution in [0.15, 0.2) is 39.6 Å². The number of thiophene rings is 1. The summed E-state index contributed by atoms with van der Waals surface area (Å²) in [5, 5.41) is 8.05. The first-order valence-corrected chi connectivity index (χ1v) is 11.4. The number of sulfonamides is 1. The number of nitrogens with zero attached hydrogens (tertiary/aromatic N) is 4. The third-order valence-corrected chi connectivity index (χ3v) is 7.37. The van der Waals surface area contributed by atoms with Crippen LogP contribution in [0.25, 0.3) is 10.2 Å². The van der Waals surface area contributed by atoms with Gasteiger partial charge in [-0.05, 0) is 37.6 Å². The Morgan fingerprint density at radius 1 is 1.28 bits per heavy atom. The molecule has 2 aromatic heterocycles. The molecular weight excluding hydrogens is 410 g/mol. The fourth-order valence-electron chi connectivity index (χ4n) is 3.35. The van der Waals surface area contributed by atoms with E-state index in [0.29, 0.717) is 22.8 Å². The quantitative estimate of drug-likeness (QED) is 0.685. The number of aromatic nitrogens is 2. The van der Waals surface area contributed by atoms with Gasteiger partial charge in [0.15, 0.2) is 0 Å². The Bertz CT molecular complexity index is 1210. The molecule has 0 aliphatic carbocycles. The van der Waals surface area contributed by atoms with E-state index in [1.165, 1.54) is 23.5 Å². The molecule has 0 radical (unpaired) electrons. The van der Waals surface area contributed by atoms with Crippen molar-refractivity contribution in [3.8, 4) is 0 Å². The number of carbonyl (C=O) groups excluding carboxylic acids is 1. The Labute approximate surface area is 172 Å². The number of hydrogen-bond donors (Lipinski definition) is 1. The average Bonchev–Trinajstić information content (AvgIpc) is 3.34. The number of carbonyl (C=O) groups is 1. The van der Waals surface area contributed by atoms with Crippen molar-refractivity contribution in [2.24, 2.45) is 11.4 Å². The molecular formula is C19H21N5O3S2. The molecule has 4 rings (SSSR count). The minimum Gasteiger partial charge on any atom is -0.362 e. The van der Waals surface area contributed by atoms with Gasteiger partial charge in [0, 0.05) is 38.1 Å². The van der Waals surface area contributed by atoms with Crippen molar-refractivity contribution in [3.63, 3.8) is 0 Å². The van der Waals surface area contributed by atoms with Crippen molar-refractivity contribution in [1.82, 2.24) is 14.7 Å². The Hall–Kier alpha value is -2.72. The summed E-state index contributed by atoms with van der Waals surface area (Å²) in [5.41, 5.74) is 1.27. The van der Waals surface area contributed by atoms with Gasteiger partial charge in [-0.3, -0.25) is 9.48 Å². The molecule has 1 saturated heterocycles. The Morgan fingerprint density at radius 2 is 2.07 bits per heavy atom. The third-order valence-electron chi connectivity index (χ3n) is 4.87. The largest absolute Gasteiger partial charge is 0.362 e. The standard InChI is InChI=1S/C19H21N5O3S2/c1-12-15-11-16(28-19(15)24(3)21-12)18(25)20-13-6-4-7-14(10-13)29(26,27)22-17-8-5-9-23(17)2/h4,6-7,10-11H,5,8-9H2,1-3H3,(H,20,25). The number of nitrogens with one attached hydrogen (secondary N) is 1. The molecule has 8 nitrogen and oxygen atoms in total. The van der Waals surface area contributed by atoms with E-state index in [-0.39, 0.29) is 10.8 Å². The number of aryl methyl sites for hydroxylation is 2. The van der Waals surface area contributed by atoms with Crippen molar-refractivity contribution in [2.75, 3.05) is 18.9 Å². The monoisotopic (exact) mass is 431 g/mol. The highest BCUT2D eigenvalue weighted by Gasteiger charge is 2.21. The van der Waals surface area contributed by atoms with E-state index in [1.54, 1.807) is 22.9 Å². The van der Waals surface area contributed by atoms with E-state index in [1.807, 2.05) is 25.9 Å². The van der Waals surface area contributed by atoms with Crippen molar-refractivity contribution in [3.05, 3.63) is 40.9 Å². The van der Waals surface area contributed by atoms with Crippen LogP contribution in [-0.2, 0) is 17.1 Å². The van der Waals surface area contributed by atoms with Gasteiger partial charge in [0.2, 0.25) is 0 Å². The van der Waals surface area contributed by atoms with Gasteiger partial charge in [-0.15, -0.1) is 15.7 Å². The minimum absolute atomic E-state index is 0.0551. The third kappa shape index (κ3) is 3.77. The van der Waals surface area contributed by atoms with Crippen LogP contribution in [-0.4, -0.2) is 48.4 Å². The van der Waals surface area contributed by atoms with Crippen LogP contribution in [0.2, 0.25) is 0 Å². The number of likely N-dealkylation sites (tertiary alicyclic amines) is 1. The summed E-state index contributed by atoms with van der Waals surface area (Å²) in [7, 11) is -0.164. The first kappa shape index (κ1) is 19.6. The summed E-state index contributed by atoms with van der Waals surface area (Å²) < 4.78 is 31.1. The maximum absolute atomic E-state index is 12.7. The van der Waals surface area contributed by atoms with Crippen LogP contribution < -0.4 is 5.32 Å². The number of benzene rings is 1. The van der Waals surface area contributed by atoms with Crippen molar-refractivity contribution in [1.29, 1.82) is 0 Å². The summed E-state index contributed by atoms with van der Waals surface area (Å²) in [4.78, 5) is 16.0. The second-order valence-electron chi connectivity index (χ2n) is 7.03. The number of hydrogen-bond acceptors (Lipinski definition) is 5. The minimum atomic E-state index is -3.84. The number of amidine groups is 1. The van der Waals surface area contributed by atoms with Crippen molar-refractivity contribution >= 4 is 49.0 Å². The topological polar surface area (TPSA) is 96.7 Å². The lowest BCUT2D eigenvalue weighted by atomic mass is 10.3. The molecule has 10 heteroatoms. The molecule has 1 aromatic carbocycles. The van der Waals surface area contributed by atoms with Gasteiger partial charge >= 0.3 is 0 Å². The first-order chi connectivity index (χ1) is 13.7. The number of anilines is 1. The van der Waals surface area contributed by atoms with E-state index in [4.69, 9.17) is 0 Å². The molecule has 0 bridgehead atoms. The highest BCUT2D eigenvalue weighted by molar-refractivity contribution is 7.90. The van der Waals surface area contributed by atoms with Crippen molar-refractivity contribution < 1.29 is 13.2 Å². The van der Waals surface area contributed by atoms with Crippen LogP contribution in [0.3, 0.4) is 0 Å². The van der Waals surface area contributed by atoms with Crippen molar-refractivity contribution in [2.45, 2.75) is 24.7 Å². The highest BCUT2D eigenvalue weighted by Crippen LogP contribution is 2.28. The molecule has 0 spiro atoms. The Balaban J connectivity index is 1.58. The molecule has 3 heterocycles. The molecule has 0 saturated carbocycles. The summed E-state index contributed by atoms with van der Waals surface area (Å²) in [6.45, 7) is 2.70. The number of amides is 1. The zero-order chi connectivity index (χ0) is 20.8. The normalized spacial score (nSPS) is 16.1. The maximum atomic E-state index is 12.7. The smallest absolute Gasteiger partial charge is 0.284 e. The van der Waals surface area contributed by atoms with E-state index in [2.05, 4.69) is 14.8 Å². The number of rotatable bonds is 4. The van der Waals surface area contributed by atoms with Gasteiger partial charge in [-0.25, -0.2) is 0 Å². The summed E-state index contributed by atoms with van der Waals surface area (Å²) >= 11 is 1.35. The fraction of sp³-hybridized carbons (Fsp3) is 0.316. The van der Waals surface area contributed by atoms with E-state index in [0.717, 1.165) is 28.9 Å². The SMILES string of the molecule is Cc1nn(C)c2sc(C(=O)Nc3cccc(S(=O)(=O)N=C4CCCN4C)c3)cc12.